The zero-order valence-electron chi connectivity index (χ0n) is 45.8. The van der Waals surface area contributed by atoms with E-state index in [0.29, 0.717) is 0 Å². The highest BCUT2D eigenvalue weighted by Gasteiger charge is 2.32. The van der Waals surface area contributed by atoms with E-state index in [1.807, 2.05) is 0 Å². The predicted molar refractivity (Wildman–Crippen MR) is 324 cm³/mol. The molecule has 384 valence electrons. The van der Waals surface area contributed by atoms with Crippen LogP contribution in [0.15, 0.2) is 280 Å². The molecule has 0 aliphatic carbocycles. The van der Waals surface area contributed by atoms with Gasteiger partial charge in [0.25, 0.3) is 0 Å². The number of nitriles is 1. The van der Waals surface area contributed by atoms with Gasteiger partial charge in [0.15, 0.2) is 0 Å². The van der Waals surface area contributed by atoms with Gasteiger partial charge < -0.3 is 5.32 Å². The van der Waals surface area contributed by atoms with Crippen molar-refractivity contribution in [1.29, 1.82) is 5.26 Å². The van der Waals surface area contributed by atoms with Crippen LogP contribution in [0.2, 0.25) is 0 Å². The van der Waals surface area contributed by atoms with Gasteiger partial charge in [0.05, 0.1) is 6.07 Å². The number of aromatic nitrogens is 4. The number of benzene rings is 8. The van der Waals surface area contributed by atoms with Crippen LogP contribution in [0.25, 0.3) is 0 Å². The molecule has 0 unspecified atom stereocenters. The van der Waals surface area contributed by atoms with Gasteiger partial charge in [-0.3, -0.25) is 0 Å². The van der Waals surface area contributed by atoms with Crippen molar-refractivity contribution in [3.8, 4) is 6.07 Å². The van der Waals surface area contributed by atoms with Crippen LogP contribution in [-0.2, 0) is 24.2 Å². The third kappa shape index (κ3) is 13.7. The average Bonchev–Trinajstić information content (AvgIpc) is 4.20. The second-order valence-corrected chi connectivity index (χ2v) is 21.5. The fourth-order valence-corrected chi connectivity index (χ4v) is 10.6. The third-order valence-electron chi connectivity index (χ3n) is 14.4. The number of nitrogens with one attached hydrogen (secondary N) is 1. The molecule has 0 aliphatic heterocycles. The van der Waals surface area contributed by atoms with Gasteiger partial charge in [0.1, 0.15) is 61.2 Å². The summed E-state index contributed by atoms with van der Waals surface area (Å²) in [6.45, 7) is 18.7. The second kappa shape index (κ2) is 26.8. The summed E-state index contributed by atoms with van der Waals surface area (Å²) in [5, 5.41) is 10.8. The SMILES string of the molecule is CC#N.CC(C)(C)n1cc[n+](CCNCC[n+]2ccn(C(C)(C)C)c2)c1.c1ccc([B-](c2ccccc2)(c2ccccc2)c2ccccc2)cc1.c1ccc([B-](c2ccccc2)(c2ccccc2)c2ccccc2)cc1. The first-order valence-corrected chi connectivity index (χ1v) is 26.8. The van der Waals surface area contributed by atoms with Crippen molar-refractivity contribution in [3.05, 3.63) is 280 Å². The van der Waals surface area contributed by atoms with Crippen LogP contribution in [0, 0.1) is 11.3 Å². The van der Waals surface area contributed by atoms with Crippen LogP contribution in [0.1, 0.15) is 48.5 Å². The van der Waals surface area contributed by atoms with E-state index >= 15 is 0 Å². The minimum atomic E-state index is -1.22. The maximum Gasteiger partial charge on any atom is 0.244 e. The molecule has 1 N–H and O–H groups in total. The van der Waals surface area contributed by atoms with Crippen LogP contribution < -0.4 is 58.2 Å². The van der Waals surface area contributed by atoms with Crippen molar-refractivity contribution in [3.63, 3.8) is 0 Å². The largest absolute Gasteiger partial charge is 0.309 e. The topological polar surface area (TPSA) is 53.4 Å². The predicted octanol–water partition coefficient (Wildman–Crippen LogP) is 8.32. The summed E-state index contributed by atoms with van der Waals surface area (Å²) >= 11 is 0. The molecule has 0 saturated heterocycles. The summed E-state index contributed by atoms with van der Waals surface area (Å²) < 4.78 is 8.97. The molecule has 8 heteroatoms. The van der Waals surface area contributed by atoms with Crippen LogP contribution in [-0.4, -0.2) is 34.5 Å². The maximum absolute atomic E-state index is 7.32. The zero-order valence-corrected chi connectivity index (χ0v) is 45.8. The van der Waals surface area contributed by atoms with Crippen molar-refractivity contribution in [2.24, 2.45) is 0 Å². The lowest BCUT2D eigenvalue weighted by atomic mass is 9.13. The molecule has 10 aromatic rings. The first kappa shape index (κ1) is 55.5. The van der Waals surface area contributed by atoms with Gasteiger partial charge in [0.2, 0.25) is 12.7 Å². The molecule has 0 aliphatic rings. The summed E-state index contributed by atoms with van der Waals surface area (Å²) in [4.78, 5) is 0. The molecule has 0 spiro atoms. The molecule has 0 fully saturated rings. The number of rotatable bonds is 14. The van der Waals surface area contributed by atoms with Crippen molar-refractivity contribution >= 4 is 56.0 Å². The fraction of sp³-hybridized carbons (Fsp3) is 0.191. The van der Waals surface area contributed by atoms with Gasteiger partial charge in [-0.05, 0) is 41.5 Å². The number of nitrogens with zero attached hydrogens (tertiary/aromatic N) is 5. The highest BCUT2D eigenvalue weighted by Crippen LogP contribution is 2.14. The van der Waals surface area contributed by atoms with Crippen LogP contribution in [0.4, 0.5) is 0 Å². The van der Waals surface area contributed by atoms with Gasteiger partial charge in [-0.15, -0.1) is 0 Å². The van der Waals surface area contributed by atoms with E-state index in [1.165, 1.54) is 50.6 Å². The Labute approximate surface area is 454 Å². The lowest BCUT2D eigenvalue weighted by molar-refractivity contribution is -0.698. The molecule has 10 rings (SSSR count). The Morgan fingerprint density at radius 2 is 0.553 bits per heavy atom. The summed E-state index contributed by atoms with van der Waals surface area (Å²) in [7, 11) is 0. The Morgan fingerprint density at radius 3 is 0.711 bits per heavy atom. The lowest BCUT2D eigenvalue weighted by Crippen LogP contribution is -2.74. The molecule has 0 atom stereocenters. The molecule has 76 heavy (non-hydrogen) atoms. The van der Waals surface area contributed by atoms with E-state index in [9.17, 15) is 0 Å². The number of hydrogen-bond donors (Lipinski definition) is 1. The van der Waals surface area contributed by atoms with Crippen molar-refractivity contribution in [2.45, 2.75) is 72.6 Å². The minimum absolute atomic E-state index is 0.148. The molecule has 2 aromatic heterocycles. The standard InChI is InChI=1S/2C24H20B.C18H33N5.C2H3N/c2*1-5-13-21(14-6-1)25(22-15-7-2-8-16-22,23-17-9-3-10-18-23)24-19-11-4-12-20-24;1-17(2,3)22-13-11-20(15-22)9-7-19-8-10-21-12-14-23(16-21)18(4,5)6;1-2-3/h2*1-20H;11-16,19H,7-10H2,1-6H3;1H3/q2*-1;+2;. The fourth-order valence-electron chi connectivity index (χ4n) is 10.6. The molecule has 0 bridgehead atoms. The normalized spacial score (nSPS) is 11.3. The molecule has 0 saturated carbocycles. The molecule has 2 heterocycles. The Bertz CT molecular complexity index is 2690. The highest BCUT2D eigenvalue weighted by atomic mass is 15.2. The average molecular weight is 999 g/mol. The van der Waals surface area contributed by atoms with Crippen LogP contribution in [0.3, 0.4) is 0 Å². The summed E-state index contributed by atoms with van der Waals surface area (Å²) in [6, 6.07) is 88.8. The van der Waals surface area contributed by atoms with Gasteiger partial charge >= 0.3 is 0 Å². The molecule has 6 nitrogen and oxygen atoms in total. The maximum atomic E-state index is 7.32. The van der Waals surface area contributed by atoms with Gasteiger partial charge in [-0.1, -0.05) is 243 Å². The molecular formula is C68H76B2N6. The van der Waals surface area contributed by atoms with Crippen molar-refractivity contribution in [1.82, 2.24) is 14.5 Å². The summed E-state index contributed by atoms with van der Waals surface area (Å²) in [6.07, 6.45) is 10.5. The van der Waals surface area contributed by atoms with E-state index < -0.39 is 12.3 Å². The zero-order chi connectivity index (χ0) is 53.7. The lowest BCUT2D eigenvalue weighted by Gasteiger charge is -2.44. The van der Waals surface area contributed by atoms with E-state index in [4.69, 9.17) is 5.26 Å². The minimum Gasteiger partial charge on any atom is -0.309 e. The molecular weight excluding hydrogens is 922 g/mol. The smallest absolute Gasteiger partial charge is 0.244 e. The molecule has 0 amide bonds. The monoisotopic (exact) mass is 999 g/mol. The van der Waals surface area contributed by atoms with E-state index in [2.05, 4.69) is 345 Å². The van der Waals surface area contributed by atoms with E-state index in [0.717, 1.165) is 26.2 Å². The number of hydrogen-bond acceptors (Lipinski definition) is 2. The molecule has 0 radical (unpaired) electrons. The highest BCUT2D eigenvalue weighted by molar-refractivity contribution is 7.20. The Balaban J connectivity index is 0.000000162. The van der Waals surface area contributed by atoms with Gasteiger partial charge in [-0.2, -0.15) is 49.0 Å². The molecule has 8 aromatic carbocycles. The van der Waals surface area contributed by atoms with E-state index in [1.54, 1.807) is 6.07 Å². The Kier molecular flexibility index (Phi) is 19.6. The van der Waals surface area contributed by atoms with Crippen LogP contribution >= 0.6 is 0 Å². The number of imidazole rings is 2. The summed E-state index contributed by atoms with van der Waals surface area (Å²) in [5.74, 6) is 0. The van der Waals surface area contributed by atoms with Gasteiger partial charge in [-0.25, -0.2) is 18.3 Å². The van der Waals surface area contributed by atoms with Crippen LogP contribution in [0.5, 0.6) is 0 Å². The van der Waals surface area contributed by atoms with Gasteiger partial charge in [0, 0.05) is 20.0 Å². The summed E-state index contributed by atoms with van der Waals surface area (Å²) in [5.41, 5.74) is 11.0. The first-order chi connectivity index (χ1) is 36.9. The van der Waals surface area contributed by atoms with Crippen molar-refractivity contribution < 1.29 is 9.13 Å². The first-order valence-electron chi connectivity index (χ1n) is 26.8. The van der Waals surface area contributed by atoms with E-state index in [-0.39, 0.29) is 11.1 Å². The van der Waals surface area contributed by atoms with Crippen molar-refractivity contribution in [2.75, 3.05) is 13.1 Å². The quantitative estimate of drug-likeness (QED) is 0.0678. The third-order valence-corrected chi connectivity index (χ3v) is 14.4. The Morgan fingerprint density at radius 1 is 0.368 bits per heavy atom. The second-order valence-electron chi connectivity index (χ2n) is 21.5. The Hall–Kier alpha value is -8.24.